The zero-order chi connectivity index (χ0) is 20.3. The largest absolute Gasteiger partial charge is 0.494 e. The van der Waals surface area contributed by atoms with Crippen molar-refractivity contribution >= 4 is 40.8 Å². The van der Waals surface area contributed by atoms with E-state index < -0.39 is 11.9 Å². The molecule has 8 heteroatoms. The number of carbonyl (C=O) groups excluding carboxylic acids is 2. The quantitative estimate of drug-likeness (QED) is 0.751. The maximum atomic E-state index is 12.7. The summed E-state index contributed by atoms with van der Waals surface area (Å²) in [5.74, 6) is -0.634. The number of nitrogens with one attached hydrogen (secondary N) is 2. The lowest BCUT2D eigenvalue weighted by Gasteiger charge is -2.16. The molecule has 0 fully saturated rings. The summed E-state index contributed by atoms with van der Waals surface area (Å²) in [5, 5.41) is 5.19. The molecule has 0 aliphatic rings. The van der Waals surface area contributed by atoms with Gasteiger partial charge in [0, 0.05) is 5.69 Å². The van der Waals surface area contributed by atoms with Crippen molar-refractivity contribution in [3.8, 4) is 11.5 Å². The minimum atomic E-state index is -0.756. The van der Waals surface area contributed by atoms with Crippen LogP contribution >= 0.6 is 23.2 Å². The number of urea groups is 1. The molecule has 0 radical (unpaired) electrons. The van der Waals surface area contributed by atoms with Crippen molar-refractivity contribution < 1.29 is 19.1 Å². The van der Waals surface area contributed by atoms with Crippen LogP contribution in [-0.4, -0.2) is 26.2 Å². The molecule has 3 amide bonds. The van der Waals surface area contributed by atoms with E-state index in [2.05, 4.69) is 10.6 Å². The molecular weight excluding hydrogens is 391 g/mol. The van der Waals surface area contributed by atoms with Crippen LogP contribution in [0, 0.1) is 20.8 Å². The van der Waals surface area contributed by atoms with Gasteiger partial charge in [0.15, 0.2) is 11.5 Å². The van der Waals surface area contributed by atoms with Crippen LogP contribution < -0.4 is 20.1 Å². The minimum absolute atomic E-state index is 0.0610. The first-order chi connectivity index (χ1) is 12.7. The Morgan fingerprint density at radius 2 is 1.37 bits per heavy atom. The van der Waals surface area contributed by atoms with E-state index in [9.17, 15) is 9.59 Å². The zero-order valence-electron chi connectivity index (χ0n) is 15.6. The Labute approximate surface area is 167 Å². The Kier molecular flexibility index (Phi) is 6.57. The summed E-state index contributed by atoms with van der Waals surface area (Å²) in [6, 6.07) is 4.58. The molecule has 0 aromatic heterocycles. The van der Waals surface area contributed by atoms with Gasteiger partial charge in [-0.05, 0) is 38.0 Å². The Bertz CT molecular complexity index is 862. The van der Waals surface area contributed by atoms with Crippen molar-refractivity contribution in [2.45, 2.75) is 20.8 Å². The molecule has 144 valence electrons. The molecule has 2 aromatic carbocycles. The number of rotatable bonds is 4. The summed E-state index contributed by atoms with van der Waals surface area (Å²) in [4.78, 5) is 25.0. The smallest absolute Gasteiger partial charge is 0.326 e. The second-order valence-corrected chi connectivity index (χ2v) is 6.78. The fraction of sp³-hybridized carbons (Fsp3) is 0.263. The van der Waals surface area contributed by atoms with E-state index in [1.807, 2.05) is 32.9 Å². The van der Waals surface area contributed by atoms with E-state index >= 15 is 0 Å². The number of methoxy groups -OCH3 is 2. The number of anilines is 1. The molecule has 0 aliphatic heterocycles. The zero-order valence-corrected chi connectivity index (χ0v) is 17.1. The van der Waals surface area contributed by atoms with Gasteiger partial charge in [0.2, 0.25) is 0 Å². The molecule has 2 rings (SSSR count). The highest BCUT2D eigenvalue weighted by atomic mass is 35.5. The van der Waals surface area contributed by atoms with E-state index in [0.717, 1.165) is 16.7 Å². The molecule has 27 heavy (non-hydrogen) atoms. The Morgan fingerprint density at radius 1 is 0.889 bits per heavy atom. The van der Waals surface area contributed by atoms with Gasteiger partial charge in [-0.3, -0.25) is 10.1 Å². The van der Waals surface area contributed by atoms with Gasteiger partial charge in [-0.2, -0.15) is 0 Å². The van der Waals surface area contributed by atoms with Gasteiger partial charge < -0.3 is 14.8 Å². The lowest BCUT2D eigenvalue weighted by Crippen LogP contribution is -2.35. The SMILES string of the molecule is COc1c(Cl)cc(Cl)c(OC)c1C(=O)NC(=O)Nc1c(C)cc(C)cc1C. The lowest BCUT2D eigenvalue weighted by molar-refractivity contribution is 0.0961. The molecule has 0 saturated carbocycles. The van der Waals surface area contributed by atoms with Gasteiger partial charge in [0.05, 0.1) is 24.3 Å². The number of ether oxygens (including phenoxy) is 2. The van der Waals surface area contributed by atoms with E-state index in [-0.39, 0.29) is 27.1 Å². The van der Waals surface area contributed by atoms with Crippen LogP contribution in [-0.2, 0) is 0 Å². The van der Waals surface area contributed by atoms with Gasteiger partial charge in [-0.15, -0.1) is 0 Å². The van der Waals surface area contributed by atoms with Crippen LogP contribution in [0.15, 0.2) is 18.2 Å². The normalized spacial score (nSPS) is 10.3. The molecule has 0 aliphatic carbocycles. The van der Waals surface area contributed by atoms with Crippen LogP contribution in [0.4, 0.5) is 10.5 Å². The molecule has 2 N–H and O–H groups in total. The van der Waals surface area contributed by atoms with E-state index in [1.54, 1.807) is 0 Å². The first-order valence-corrected chi connectivity index (χ1v) is 8.75. The van der Waals surface area contributed by atoms with Crippen LogP contribution in [0.1, 0.15) is 27.0 Å². The second-order valence-electron chi connectivity index (χ2n) is 5.96. The van der Waals surface area contributed by atoms with Crippen molar-refractivity contribution in [2.75, 3.05) is 19.5 Å². The fourth-order valence-corrected chi connectivity index (χ4v) is 3.49. The van der Waals surface area contributed by atoms with Crippen molar-refractivity contribution in [1.29, 1.82) is 0 Å². The molecule has 6 nitrogen and oxygen atoms in total. The fourth-order valence-electron chi connectivity index (χ4n) is 2.88. The number of halogens is 2. The third-order valence-corrected chi connectivity index (χ3v) is 4.48. The van der Waals surface area contributed by atoms with Crippen molar-refractivity contribution in [2.24, 2.45) is 0 Å². The van der Waals surface area contributed by atoms with Crippen LogP contribution in [0.2, 0.25) is 10.0 Å². The topological polar surface area (TPSA) is 76.7 Å². The van der Waals surface area contributed by atoms with Crippen LogP contribution in [0.25, 0.3) is 0 Å². The standard InChI is InChI=1S/C19H20Cl2N2O4/c1-9-6-10(2)15(11(3)7-9)22-19(25)23-18(24)14-16(26-4)12(20)8-13(21)17(14)27-5/h6-8H,1-5H3,(H2,22,23,24,25). The Balaban J connectivity index is 2.32. The van der Waals surface area contributed by atoms with Crippen molar-refractivity contribution in [1.82, 2.24) is 5.32 Å². The van der Waals surface area contributed by atoms with Crippen LogP contribution in [0.3, 0.4) is 0 Å². The summed E-state index contributed by atoms with van der Waals surface area (Å²) in [5.41, 5.74) is 3.42. The van der Waals surface area contributed by atoms with Crippen molar-refractivity contribution in [3.63, 3.8) is 0 Å². The summed E-state index contributed by atoms with van der Waals surface area (Å²) < 4.78 is 10.4. The molecule has 2 aromatic rings. The molecule has 0 heterocycles. The highest BCUT2D eigenvalue weighted by Crippen LogP contribution is 2.40. The average molecular weight is 411 g/mol. The third kappa shape index (κ3) is 4.46. The average Bonchev–Trinajstić information content (AvgIpc) is 2.57. The van der Waals surface area contributed by atoms with E-state index in [1.165, 1.54) is 20.3 Å². The number of carbonyl (C=O) groups is 2. The van der Waals surface area contributed by atoms with Gasteiger partial charge in [0.1, 0.15) is 5.56 Å². The number of aryl methyl sites for hydroxylation is 3. The first-order valence-electron chi connectivity index (χ1n) is 7.99. The molecule has 0 atom stereocenters. The highest BCUT2D eigenvalue weighted by molar-refractivity contribution is 6.37. The summed E-state index contributed by atoms with van der Waals surface area (Å²) in [6.45, 7) is 5.72. The number of imide groups is 1. The Morgan fingerprint density at radius 3 is 1.81 bits per heavy atom. The monoisotopic (exact) mass is 410 g/mol. The van der Waals surface area contributed by atoms with E-state index in [0.29, 0.717) is 5.69 Å². The second kappa shape index (κ2) is 8.50. The summed E-state index contributed by atoms with van der Waals surface area (Å²) >= 11 is 12.2. The van der Waals surface area contributed by atoms with Crippen molar-refractivity contribution in [3.05, 3.63) is 50.5 Å². The predicted octanol–water partition coefficient (Wildman–Crippen LogP) is 4.90. The maximum Gasteiger partial charge on any atom is 0.326 e. The Hall–Kier alpha value is -2.44. The van der Waals surface area contributed by atoms with Crippen LogP contribution in [0.5, 0.6) is 11.5 Å². The number of hydrogen-bond acceptors (Lipinski definition) is 4. The number of benzene rings is 2. The van der Waals surface area contributed by atoms with Gasteiger partial charge in [-0.1, -0.05) is 40.9 Å². The first kappa shape index (κ1) is 20.9. The summed E-state index contributed by atoms with van der Waals surface area (Å²) in [7, 11) is 2.70. The molecule has 0 unspecified atom stereocenters. The molecular formula is C19H20Cl2N2O4. The van der Waals surface area contributed by atoms with Gasteiger partial charge >= 0.3 is 6.03 Å². The predicted molar refractivity (Wildman–Crippen MR) is 107 cm³/mol. The summed E-state index contributed by atoms with van der Waals surface area (Å²) in [6.07, 6.45) is 0. The van der Waals surface area contributed by atoms with E-state index in [4.69, 9.17) is 32.7 Å². The lowest BCUT2D eigenvalue weighted by atomic mass is 10.1. The van der Waals surface area contributed by atoms with Gasteiger partial charge in [0.25, 0.3) is 5.91 Å². The molecule has 0 saturated heterocycles. The maximum absolute atomic E-state index is 12.7. The number of hydrogen-bond donors (Lipinski definition) is 2. The molecule has 0 bridgehead atoms. The third-order valence-electron chi connectivity index (χ3n) is 3.92. The molecule has 0 spiro atoms. The minimum Gasteiger partial charge on any atom is -0.494 e. The number of amides is 3. The highest BCUT2D eigenvalue weighted by Gasteiger charge is 2.25. The van der Waals surface area contributed by atoms with Gasteiger partial charge in [-0.25, -0.2) is 4.79 Å².